The predicted molar refractivity (Wildman–Crippen MR) is 131 cm³/mol. The molecule has 2 aromatic carbocycles. The average molecular weight is 467 g/mol. The van der Waals surface area contributed by atoms with Crippen molar-refractivity contribution in [2.45, 2.75) is 58.4 Å². The number of rotatable bonds is 10. The number of ether oxygens (including phenoxy) is 1. The molecule has 2 amide bonds. The zero-order valence-corrected chi connectivity index (χ0v) is 20.3. The van der Waals surface area contributed by atoms with Gasteiger partial charge in [0.1, 0.15) is 12.1 Å². The van der Waals surface area contributed by atoms with Crippen molar-refractivity contribution in [2.24, 2.45) is 5.41 Å². The molecule has 1 aliphatic rings. The van der Waals surface area contributed by atoms with E-state index in [4.69, 9.17) is 4.74 Å². The Balaban J connectivity index is 1.54. The summed E-state index contributed by atoms with van der Waals surface area (Å²) in [7, 11) is 0. The highest BCUT2D eigenvalue weighted by Gasteiger charge is 2.37. The van der Waals surface area contributed by atoms with Crippen LogP contribution in [0, 0.1) is 5.41 Å². The fraction of sp³-hybridized carbons (Fsp3) is 0.444. The van der Waals surface area contributed by atoms with Crippen LogP contribution >= 0.6 is 0 Å². The largest absolute Gasteiger partial charge is 0.480 e. The summed E-state index contributed by atoms with van der Waals surface area (Å²) >= 11 is 0. The Labute approximate surface area is 200 Å². The molecule has 0 spiro atoms. The fourth-order valence-corrected chi connectivity index (χ4v) is 4.55. The SMILES string of the molecule is CCC(CC)(NC(=O)CC(C)(C)CNC(=O)OCC1c2ccccc2-c2ccccc21)C(=O)O. The normalized spacial score (nSPS) is 13.1. The minimum absolute atomic E-state index is 0.0239. The second-order valence-corrected chi connectivity index (χ2v) is 9.66. The molecule has 0 heterocycles. The number of carboxylic acids is 1. The number of fused-ring (bicyclic) bond motifs is 3. The Morgan fingerprint density at radius 2 is 1.47 bits per heavy atom. The van der Waals surface area contributed by atoms with Crippen molar-refractivity contribution in [3.8, 4) is 11.1 Å². The molecule has 0 aromatic heterocycles. The summed E-state index contributed by atoms with van der Waals surface area (Å²) in [6.07, 6.45) is 0.120. The van der Waals surface area contributed by atoms with Crippen LogP contribution in [0.25, 0.3) is 11.1 Å². The second kappa shape index (κ2) is 10.3. The molecule has 0 unspecified atom stereocenters. The van der Waals surface area contributed by atoms with Gasteiger partial charge in [-0.15, -0.1) is 0 Å². The van der Waals surface area contributed by atoms with E-state index in [2.05, 4.69) is 34.9 Å². The summed E-state index contributed by atoms with van der Waals surface area (Å²) in [5, 5.41) is 15.0. The molecule has 3 N–H and O–H groups in total. The van der Waals surface area contributed by atoms with Crippen LogP contribution < -0.4 is 10.6 Å². The van der Waals surface area contributed by atoms with Crippen LogP contribution in [-0.2, 0) is 14.3 Å². The monoisotopic (exact) mass is 466 g/mol. The second-order valence-electron chi connectivity index (χ2n) is 9.66. The van der Waals surface area contributed by atoms with Gasteiger partial charge in [-0.3, -0.25) is 4.79 Å². The first kappa shape index (κ1) is 25.3. The van der Waals surface area contributed by atoms with Crippen molar-refractivity contribution >= 4 is 18.0 Å². The zero-order valence-electron chi connectivity index (χ0n) is 20.3. The maximum atomic E-state index is 12.6. The third-order valence-electron chi connectivity index (χ3n) is 6.69. The Hall–Kier alpha value is -3.35. The first-order chi connectivity index (χ1) is 16.1. The van der Waals surface area contributed by atoms with Crippen molar-refractivity contribution in [3.05, 3.63) is 59.7 Å². The molecule has 0 aliphatic heterocycles. The molecule has 1 aliphatic carbocycles. The van der Waals surface area contributed by atoms with E-state index in [-0.39, 0.29) is 31.4 Å². The maximum Gasteiger partial charge on any atom is 0.407 e. The van der Waals surface area contributed by atoms with Crippen LogP contribution in [-0.4, -0.2) is 41.8 Å². The van der Waals surface area contributed by atoms with E-state index < -0.39 is 23.0 Å². The van der Waals surface area contributed by atoms with E-state index >= 15 is 0 Å². The van der Waals surface area contributed by atoms with E-state index in [1.54, 1.807) is 13.8 Å². The number of hydrogen-bond acceptors (Lipinski definition) is 4. The van der Waals surface area contributed by atoms with Crippen LogP contribution in [0.5, 0.6) is 0 Å². The van der Waals surface area contributed by atoms with Gasteiger partial charge in [0.2, 0.25) is 5.91 Å². The highest BCUT2D eigenvalue weighted by Crippen LogP contribution is 2.44. The first-order valence-electron chi connectivity index (χ1n) is 11.8. The van der Waals surface area contributed by atoms with Crippen molar-refractivity contribution in [1.29, 1.82) is 0 Å². The summed E-state index contributed by atoms with van der Waals surface area (Å²) in [5.74, 6) is -1.42. The van der Waals surface area contributed by atoms with Crippen molar-refractivity contribution in [2.75, 3.05) is 13.2 Å². The summed E-state index contributed by atoms with van der Waals surface area (Å²) in [5.41, 5.74) is 2.76. The lowest BCUT2D eigenvalue weighted by atomic mass is 9.87. The molecule has 0 radical (unpaired) electrons. The van der Waals surface area contributed by atoms with E-state index in [1.807, 2.05) is 38.1 Å². The maximum absolute atomic E-state index is 12.6. The van der Waals surface area contributed by atoms with Gasteiger partial charge in [0, 0.05) is 18.9 Å². The Morgan fingerprint density at radius 3 is 1.97 bits per heavy atom. The summed E-state index contributed by atoms with van der Waals surface area (Å²) in [4.78, 5) is 36.7. The number of nitrogens with one attached hydrogen (secondary N) is 2. The molecule has 7 heteroatoms. The minimum atomic E-state index is -1.27. The topological polar surface area (TPSA) is 105 Å². The molecule has 0 fully saturated rings. The molecule has 34 heavy (non-hydrogen) atoms. The number of alkyl carbamates (subject to hydrolysis) is 1. The van der Waals surface area contributed by atoms with Gasteiger partial charge in [0.05, 0.1) is 0 Å². The molecular formula is C27H34N2O5. The van der Waals surface area contributed by atoms with Gasteiger partial charge in [0.15, 0.2) is 0 Å². The molecule has 2 aromatic rings. The minimum Gasteiger partial charge on any atom is -0.480 e. The number of hydrogen-bond donors (Lipinski definition) is 3. The lowest BCUT2D eigenvalue weighted by molar-refractivity contribution is -0.148. The molecule has 0 bridgehead atoms. The number of carboxylic acid groups (broad SMARTS) is 1. The molecule has 0 saturated carbocycles. The molecular weight excluding hydrogens is 432 g/mol. The summed E-state index contributed by atoms with van der Waals surface area (Å²) in [6, 6.07) is 16.3. The molecule has 0 saturated heterocycles. The van der Waals surface area contributed by atoms with E-state index in [9.17, 15) is 19.5 Å². The number of aliphatic carboxylic acids is 1. The van der Waals surface area contributed by atoms with Gasteiger partial charge >= 0.3 is 12.1 Å². The van der Waals surface area contributed by atoms with Gasteiger partial charge in [-0.05, 0) is 40.5 Å². The van der Waals surface area contributed by atoms with Crippen molar-refractivity contribution in [1.82, 2.24) is 10.6 Å². The molecule has 7 nitrogen and oxygen atoms in total. The van der Waals surface area contributed by atoms with E-state index in [1.165, 1.54) is 0 Å². The fourth-order valence-electron chi connectivity index (χ4n) is 4.55. The predicted octanol–water partition coefficient (Wildman–Crippen LogP) is 4.70. The lowest BCUT2D eigenvalue weighted by Crippen LogP contribution is -2.54. The van der Waals surface area contributed by atoms with Gasteiger partial charge in [0.25, 0.3) is 0 Å². The van der Waals surface area contributed by atoms with Gasteiger partial charge < -0.3 is 20.5 Å². The number of amides is 2. The zero-order chi connectivity index (χ0) is 24.9. The van der Waals surface area contributed by atoms with Crippen molar-refractivity contribution < 1.29 is 24.2 Å². The third kappa shape index (κ3) is 5.41. The van der Waals surface area contributed by atoms with Crippen LogP contribution in [0.3, 0.4) is 0 Å². The van der Waals surface area contributed by atoms with Crippen LogP contribution in [0.4, 0.5) is 4.79 Å². The summed E-state index contributed by atoms with van der Waals surface area (Å²) in [6.45, 7) is 7.60. The smallest absolute Gasteiger partial charge is 0.407 e. The van der Waals surface area contributed by atoms with E-state index in [0.29, 0.717) is 12.8 Å². The Kier molecular flexibility index (Phi) is 7.64. The number of carbonyl (C=O) groups is 3. The van der Waals surface area contributed by atoms with Crippen molar-refractivity contribution in [3.63, 3.8) is 0 Å². The molecule has 182 valence electrons. The first-order valence-corrected chi connectivity index (χ1v) is 11.8. The number of benzene rings is 2. The van der Waals surface area contributed by atoms with Gasteiger partial charge in [-0.25, -0.2) is 9.59 Å². The Morgan fingerprint density at radius 1 is 0.941 bits per heavy atom. The molecule has 3 rings (SSSR count). The molecule has 0 atom stereocenters. The van der Waals surface area contributed by atoms with Crippen LogP contribution in [0.15, 0.2) is 48.5 Å². The average Bonchev–Trinajstić information content (AvgIpc) is 3.13. The quantitative estimate of drug-likeness (QED) is 0.471. The number of carbonyl (C=O) groups excluding carboxylic acids is 2. The van der Waals surface area contributed by atoms with Gasteiger partial charge in [-0.2, -0.15) is 0 Å². The van der Waals surface area contributed by atoms with Crippen LogP contribution in [0.2, 0.25) is 0 Å². The summed E-state index contributed by atoms with van der Waals surface area (Å²) < 4.78 is 5.56. The third-order valence-corrected chi connectivity index (χ3v) is 6.69. The highest BCUT2D eigenvalue weighted by atomic mass is 16.5. The van der Waals surface area contributed by atoms with E-state index in [0.717, 1.165) is 22.3 Å². The standard InChI is InChI=1S/C27H34N2O5/c1-5-27(6-2,24(31)32)29-23(30)15-26(3,4)17-28-25(33)34-16-22-20-13-9-7-11-18(20)19-12-8-10-14-21(19)22/h7-14,22H,5-6,15-17H2,1-4H3,(H,28,33)(H,29,30)(H,31,32). The Bertz CT molecular complexity index is 1010. The highest BCUT2D eigenvalue weighted by molar-refractivity contribution is 5.87. The van der Waals surface area contributed by atoms with Crippen LogP contribution in [0.1, 0.15) is 64.0 Å². The van der Waals surface area contributed by atoms with Gasteiger partial charge in [-0.1, -0.05) is 76.2 Å². The lowest BCUT2D eigenvalue weighted by Gasteiger charge is -2.31.